The molecule has 0 aromatic heterocycles. The second-order valence-corrected chi connectivity index (χ2v) is 5.56. The van der Waals surface area contributed by atoms with Crippen molar-refractivity contribution in [2.24, 2.45) is 5.92 Å². The lowest BCUT2D eigenvalue weighted by Crippen LogP contribution is -2.46. The highest BCUT2D eigenvalue weighted by molar-refractivity contribution is 5.89. The Hall–Kier alpha value is -1.72. The highest BCUT2D eigenvalue weighted by Crippen LogP contribution is 2.33. The van der Waals surface area contributed by atoms with Crippen molar-refractivity contribution in [3.05, 3.63) is 29.3 Å². The van der Waals surface area contributed by atoms with Crippen LogP contribution in [0.15, 0.2) is 18.2 Å². The first-order valence-corrected chi connectivity index (χ1v) is 6.97. The topological polar surface area (TPSA) is 32.3 Å². The molecule has 1 aromatic carbocycles. The highest BCUT2D eigenvalue weighted by Gasteiger charge is 2.42. The Morgan fingerprint density at radius 1 is 1.29 bits per heavy atom. The first kappa shape index (κ1) is 15.7. The number of rotatable bonds is 1. The SMILES string of the molecule is Cc1ccc(NC(=O)N2CCCC(C(F)(F)F)C2)cc1C. The molecule has 0 radical (unpaired) electrons. The van der Waals surface area contributed by atoms with Crippen LogP contribution in [0.25, 0.3) is 0 Å². The van der Waals surface area contributed by atoms with Crippen LogP contribution in [0.5, 0.6) is 0 Å². The third-order valence-corrected chi connectivity index (χ3v) is 3.93. The van der Waals surface area contributed by atoms with Gasteiger partial charge in [-0.05, 0) is 49.9 Å². The predicted octanol–water partition coefficient (Wildman–Crippen LogP) is 4.11. The lowest BCUT2D eigenvalue weighted by Gasteiger charge is -2.33. The molecule has 3 nitrogen and oxygen atoms in total. The Morgan fingerprint density at radius 3 is 2.62 bits per heavy atom. The second-order valence-electron chi connectivity index (χ2n) is 5.56. The molecule has 1 atom stereocenters. The van der Waals surface area contributed by atoms with Crippen LogP contribution < -0.4 is 5.32 Å². The fourth-order valence-electron chi connectivity index (χ4n) is 2.45. The van der Waals surface area contributed by atoms with Crippen LogP contribution >= 0.6 is 0 Å². The number of carbonyl (C=O) groups is 1. The van der Waals surface area contributed by atoms with E-state index in [1.807, 2.05) is 26.0 Å². The minimum absolute atomic E-state index is 0.0942. The highest BCUT2D eigenvalue weighted by atomic mass is 19.4. The Bertz CT molecular complexity index is 528. The van der Waals surface area contributed by atoms with Crippen LogP contribution in [0.3, 0.4) is 0 Å². The van der Waals surface area contributed by atoms with Crippen molar-refractivity contribution in [2.75, 3.05) is 18.4 Å². The molecule has 21 heavy (non-hydrogen) atoms. The molecule has 1 aliphatic rings. The summed E-state index contributed by atoms with van der Waals surface area (Å²) in [6.45, 7) is 3.98. The van der Waals surface area contributed by atoms with Crippen LogP contribution in [-0.2, 0) is 0 Å². The van der Waals surface area contributed by atoms with E-state index >= 15 is 0 Å². The summed E-state index contributed by atoms with van der Waals surface area (Å²) in [5.41, 5.74) is 2.74. The molecule has 1 unspecified atom stereocenters. The Kier molecular flexibility index (Phi) is 4.44. The summed E-state index contributed by atoms with van der Waals surface area (Å²) in [5, 5.41) is 2.67. The summed E-state index contributed by atoms with van der Waals surface area (Å²) in [4.78, 5) is 13.3. The number of amides is 2. The summed E-state index contributed by atoms with van der Waals surface area (Å²) >= 11 is 0. The van der Waals surface area contributed by atoms with Crippen molar-refractivity contribution in [3.8, 4) is 0 Å². The average Bonchev–Trinajstić information content (AvgIpc) is 2.42. The molecule has 0 aliphatic carbocycles. The van der Waals surface area contributed by atoms with E-state index in [1.165, 1.54) is 4.90 Å². The molecule has 1 heterocycles. The zero-order valence-electron chi connectivity index (χ0n) is 12.1. The minimum Gasteiger partial charge on any atom is -0.324 e. The van der Waals surface area contributed by atoms with Gasteiger partial charge >= 0.3 is 12.2 Å². The number of carbonyl (C=O) groups excluding carboxylic acids is 1. The molecule has 1 N–H and O–H groups in total. The number of nitrogens with one attached hydrogen (secondary N) is 1. The number of piperidine rings is 1. The normalized spacial score (nSPS) is 19.5. The number of nitrogens with zero attached hydrogens (tertiary/aromatic N) is 1. The summed E-state index contributed by atoms with van der Waals surface area (Å²) in [5.74, 6) is -1.42. The monoisotopic (exact) mass is 300 g/mol. The summed E-state index contributed by atoms with van der Waals surface area (Å²) in [6.07, 6.45) is -3.76. The van der Waals surface area contributed by atoms with Crippen LogP contribution in [0.2, 0.25) is 0 Å². The van der Waals surface area contributed by atoms with Crippen molar-refractivity contribution < 1.29 is 18.0 Å². The van der Waals surface area contributed by atoms with E-state index in [-0.39, 0.29) is 13.0 Å². The van der Waals surface area contributed by atoms with E-state index in [1.54, 1.807) is 6.07 Å². The van der Waals surface area contributed by atoms with Gasteiger partial charge < -0.3 is 10.2 Å². The number of urea groups is 1. The van der Waals surface area contributed by atoms with E-state index in [4.69, 9.17) is 0 Å². The summed E-state index contributed by atoms with van der Waals surface area (Å²) in [7, 11) is 0. The maximum Gasteiger partial charge on any atom is 0.393 e. The van der Waals surface area contributed by atoms with Gasteiger partial charge in [0.1, 0.15) is 0 Å². The average molecular weight is 300 g/mol. The molecular weight excluding hydrogens is 281 g/mol. The van der Waals surface area contributed by atoms with Crippen LogP contribution in [0.4, 0.5) is 23.7 Å². The van der Waals surface area contributed by atoms with E-state index in [2.05, 4.69) is 5.32 Å². The molecule has 1 aliphatic heterocycles. The number of halogens is 3. The standard InChI is InChI=1S/C15H19F3N2O/c1-10-5-6-13(8-11(10)2)19-14(21)20-7-3-4-12(9-20)15(16,17)18/h5-6,8,12H,3-4,7,9H2,1-2H3,(H,19,21). The molecule has 1 fully saturated rings. The van der Waals surface area contributed by atoms with E-state index in [0.717, 1.165) is 11.1 Å². The lowest BCUT2D eigenvalue weighted by atomic mass is 9.98. The van der Waals surface area contributed by atoms with Crippen molar-refractivity contribution >= 4 is 11.7 Å². The van der Waals surface area contributed by atoms with Gasteiger partial charge in [0.15, 0.2) is 0 Å². The van der Waals surface area contributed by atoms with Crippen LogP contribution in [-0.4, -0.2) is 30.2 Å². The molecule has 0 bridgehead atoms. The molecule has 1 aromatic rings. The first-order valence-electron chi connectivity index (χ1n) is 6.97. The van der Waals surface area contributed by atoms with Gasteiger partial charge in [-0.25, -0.2) is 4.79 Å². The van der Waals surface area contributed by atoms with Crippen LogP contribution in [0.1, 0.15) is 24.0 Å². The van der Waals surface area contributed by atoms with Gasteiger partial charge in [-0.3, -0.25) is 0 Å². The number of hydrogen-bond donors (Lipinski definition) is 1. The van der Waals surface area contributed by atoms with Gasteiger partial charge in [0.2, 0.25) is 0 Å². The molecule has 2 amide bonds. The van der Waals surface area contributed by atoms with E-state index in [0.29, 0.717) is 18.7 Å². The van der Waals surface area contributed by atoms with Crippen molar-refractivity contribution in [3.63, 3.8) is 0 Å². The van der Waals surface area contributed by atoms with E-state index in [9.17, 15) is 18.0 Å². The van der Waals surface area contributed by atoms with Crippen LogP contribution in [0, 0.1) is 19.8 Å². The molecule has 1 saturated heterocycles. The number of likely N-dealkylation sites (tertiary alicyclic amines) is 1. The Labute approximate surface area is 122 Å². The van der Waals surface area contributed by atoms with E-state index < -0.39 is 18.1 Å². The number of anilines is 1. The number of benzene rings is 1. The zero-order valence-corrected chi connectivity index (χ0v) is 12.1. The quantitative estimate of drug-likeness (QED) is 0.831. The largest absolute Gasteiger partial charge is 0.393 e. The Morgan fingerprint density at radius 2 is 2.00 bits per heavy atom. The van der Waals surface area contributed by atoms with Gasteiger partial charge in [-0.15, -0.1) is 0 Å². The maximum absolute atomic E-state index is 12.7. The zero-order chi connectivity index (χ0) is 15.6. The number of alkyl halides is 3. The van der Waals surface area contributed by atoms with Crippen molar-refractivity contribution in [1.29, 1.82) is 0 Å². The second kappa shape index (κ2) is 5.95. The lowest BCUT2D eigenvalue weighted by molar-refractivity contribution is -0.183. The summed E-state index contributed by atoms with van der Waals surface area (Å²) < 4.78 is 38.2. The summed E-state index contributed by atoms with van der Waals surface area (Å²) in [6, 6.07) is 4.98. The Balaban J connectivity index is 2.01. The predicted molar refractivity (Wildman–Crippen MR) is 75.3 cm³/mol. The smallest absolute Gasteiger partial charge is 0.324 e. The van der Waals surface area contributed by atoms with Gasteiger partial charge in [-0.2, -0.15) is 13.2 Å². The first-order chi connectivity index (χ1) is 9.77. The molecular formula is C15H19F3N2O. The maximum atomic E-state index is 12.7. The van der Waals surface area contributed by atoms with Gasteiger partial charge in [0, 0.05) is 18.8 Å². The fraction of sp³-hybridized carbons (Fsp3) is 0.533. The fourth-order valence-corrected chi connectivity index (χ4v) is 2.45. The van der Waals surface area contributed by atoms with Crippen molar-refractivity contribution in [2.45, 2.75) is 32.9 Å². The molecule has 2 rings (SSSR count). The van der Waals surface area contributed by atoms with Crippen molar-refractivity contribution in [1.82, 2.24) is 4.90 Å². The minimum atomic E-state index is -4.24. The molecule has 116 valence electrons. The number of aryl methyl sites for hydroxylation is 2. The number of hydrogen-bond acceptors (Lipinski definition) is 1. The third-order valence-electron chi connectivity index (χ3n) is 3.93. The third kappa shape index (κ3) is 3.89. The molecule has 6 heteroatoms. The molecule has 0 saturated carbocycles. The van der Waals surface area contributed by atoms with Gasteiger partial charge in [-0.1, -0.05) is 6.07 Å². The molecule has 0 spiro atoms. The van der Waals surface area contributed by atoms with Gasteiger partial charge in [0.05, 0.1) is 5.92 Å². The van der Waals surface area contributed by atoms with Gasteiger partial charge in [0.25, 0.3) is 0 Å².